The van der Waals surface area contributed by atoms with Crippen LogP contribution in [0.4, 0.5) is 0 Å². The number of nitrogens with zero attached hydrogens (tertiary/aromatic N) is 4. The summed E-state index contributed by atoms with van der Waals surface area (Å²) in [5.41, 5.74) is 15.2. The zero-order valence-electron chi connectivity index (χ0n) is 90.3. The molecule has 4 heterocycles. The molecule has 0 fully saturated rings. The lowest BCUT2D eigenvalue weighted by Gasteiger charge is -2.16. The van der Waals surface area contributed by atoms with Crippen molar-refractivity contribution < 1.29 is 60.8 Å². The highest BCUT2D eigenvalue weighted by Gasteiger charge is 2.23. The third-order valence-electron chi connectivity index (χ3n) is 18.2. The molecule has 4 heteroatoms. The van der Waals surface area contributed by atoms with Gasteiger partial charge in [0.2, 0.25) is 22.8 Å². The summed E-state index contributed by atoms with van der Waals surface area (Å²) in [6.07, 6.45) is 7.12. The maximum atomic E-state index is 8.40. The number of hydrogen-bond donors (Lipinski definition) is 0. The van der Waals surface area contributed by atoms with Gasteiger partial charge in [-0.15, -0.1) is 0 Å². The molecule has 0 unspecified atom stereocenters. The molecule has 13 rings (SSSR count). The Morgan fingerprint density at radius 2 is 0.644 bits per heavy atom. The van der Waals surface area contributed by atoms with E-state index in [1.807, 2.05) is 150 Å². The van der Waals surface area contributed by atoms with E-state index < -0.39 is 74.4 Å². The predicted octanol–water partition coefficient (Wildman–Crippen LogP) is 23.1. The van der Waals surface area contributed by atoms with Gasteiger partial charge in [0.1, 0.15) is 28.2 Å². The highest BCUT2D eigenvalue weighted by atomic mass is 14.9. The largest absolute Gasteiger partial charge is 0.213 e. The van der Waals surface area contributed by atoms with Crippen molar-refractivity contribution in [2.75, 3.05) is 0 Å². The number of rotatable bonds is 10. The molecule has 9 aromatic carbocycles. The number of aromatic nitrogens is 4. The zero-order chi connectivity index (χ0) is 98.6. The van der Waals surface area contributed by atoms with Gasteiger partial charge in [-0.25, -0.2) is 18.3 Å². The molecule has 0 aliphatic carbocycles. The fourth-order valence-electron chi connectivity index (χ4n) is 12.7. The highest BCUT2D eigenvalue weighted by molar-refractivity contribution is 5.83. The Labute approximate surface area is 649 Å². The molecule has 0 atom stereocenters. The average Bonchev–Trinajstić information content (AvgIpc) is 0.729. The molecule has 13 aromatic rings. The number of pyridine rings is 4. The van der Waals surface area contributed by atoms with Gasteiger partial charge in [0.15, 0.2) is 24.8 Å². The highest BCUT2D eigenvalue weighted by Crippen LogP contribution is 2.39. The average molecular weight is 1360 g/mol. The van der Waals surface area contributed by atoms with Crippen LogP contribution >= 0.6 is 0 Å². The van der Waals surface area contributed by atoms with Crippen LogP contribution in [-0.2, 0) is 28.2 Å². The third-order valence-corrected chi connectivity index (χ3v) is 18.2. The maximum Gasteiger partial charge on any atom is 0.213 e. The van der Waals surface area contributed by atoms with Crippen molar-refractivity contribution in [3.8, 4) is 101 Å². The normalized spacial score (nSPS) is 16.9. The third kappa shape index (κ3) is 16.6. The minimum atomic E-state index is -2.75. The molecule has 4 aromatic heterocycles. The molecule has 0 amide bonds. The smallest absolute Gasteiger partial charge is 0.201 e. The Kier molecular flexibility index (Phi) is 13.4. The van der Waals surface area contributed by atoms with Crippen LogP contribution < -0.4 is 18.3 Å². The molecule has 0 aliphatic heterocycles. The molecule has 0 bridgehead atoms. The Hall–Kier alpha value is -10.4. The van der Waals surface area contributed by atoms with Crippen LogP contribution in [0.15, 0.2) is 237 Å². The molecule has 0 saturated carbocycles. The van der Waals surface area contributed by atoms with Gasteiger partial charge < -0.3 is 0 Å². The van der Waals surface area contributed by atoms with Crippen molar-refractivity contribution in [1.82, 2.24) is 0 Å². The molecule has 0 saturated heterocycles. The van der Waals surface area contributed by atoms with Crippen molar-refractivity contribution in [1.29, 1.82) is 0 Å². The van der Waals surface area contributed by atoms with Crippen LogP contribution in [-0.4, -0.2) is 0 Å². The molecule has 4 nitrogen and oxygen atoms in total. The van der Waals surface area contributed by atoms with E-state index in [1.165, 1.54) is 42.6 Å². The van der Waals surface area contributed by atoms with E-state index in [1.54, 1.807) is 147 Å². The molecule has 0 spiro atoms. The summed E-state index contributed by atoms with van der Waals surface area (Å²) in [5, 5.41) is 0. The first-order chi connectivity index (χ1) is 60.6. The standard InChI is InChI=1S/C30H32N.C24H28N.C22H24N.C21H22N/c1-19-13-22(4)30(23(5)14-19)28-17-29(31(7)18-24(28)6)27-16-26(20(2)15-21(27)3)25-11-9-8-10-12-25;1-16(2)20-11-12-25(6)24(14-20)23-15-22(18(4)13-19(23)5)21-10-8-7-9-17(21)3;1-15-10-11-23(5)22(12-15)21-14-20(17(3)13-18(21)4)19-9-7-6-8-16(19)2;1-15-9-5-6-10-18(15)19-14-20(17(3)13-16(19)2)21-11-7-8-12-22(21)4/h8-18H,1-7H3;7-16H,1-6H3;6-14H,1-5H3;5-14H,1-4H3/q4*+1/i2D3,4D3,5D3,6D3;3D3,4D3,16D;2D3,3D3;1D3,2D3. The number of hydrogen-bond acceptors (Lipinski definition) is 0. The second-order valence-corrected chi connectivity index (χ2v) is 26.0. The quantitative estimate of drug-likeness (QED) is 0.121. The van der Waals surface area contributed by atoms with Crippen LogP contribution in [0.5, 0.6) is 0 Å². The van der Waals surface area contributed by atoms with Gasteiger partial charge in [0.05, 0.1) is 0 Å². The zero-order valence-corrected chi connectivity index (χ0v) is 59.3. The summed E-state index contributed by atoms with van der Waals surface area (Å²) in [4.78, 5) is 0. The summed E-state index contributed by atoms with van der Waals surface area (Å²) < 4.78 is 258. The molecule has 510 valence electrons. The van der Waals surface area contributed by atoms with Gasteiger partial charge in [0, 0.05) is 113 Å². The summed E-state index contributed by atoms with van der Waals surface area (Å²) in [6.45, 7) is -10.3. The fraction of sp³-hybridized carbons (Fsp3) is 0.237. The summed E-state index contributed by atoms with van der Waals surface area (Å²) in [6, 6.07) is 60.3. The Morgan fingerprint density at radius 3 is 1.10 bits per heavy atom. The van der Waals surface area contributed by atoms with Crippen LogP contribution in [0, 0.1) is 110 Å². The minimum absolute atomic E-state index is 0.0362. The first kappa shape index (κ1) is 42.6. The van der Waals surface area contributed by atoms with Gasteiger partial charge in [-0.1, -0.05) is 159 Å². The molecule has 0 aliphatic rings. The summed E-state index contributed by atoms with van der Waals surface area (Å²) in [5.74, 6) is -0.799. The SMILES string of the molecule is [2H]C([2H])([2H])c1cc(C)c(-c2cc(-c3c(C([2H])([2H])[2H])cc(C)cc3C([2H])([2H])[2H])c(C([2H])([2H])[2H])c[n+]2C)cc1-c1ccccc1.[2H]C([2H])([2H])c1ccccc1-c1cc(-c2cc(C([2H])(C)C)cc[n+]2C)c(C)cc1C([2H])([2H])[2H].[2H]C([2H])([2H])c1ccccc1-c1cc(-c2cc(C)cc[n+]2C)c(C)cc1C([2H])([2H])[2H].[2H]C([2H])([2H])c1ccccc1-c1cc(-c2cccc[n+]2C)c(C)cc1C([2H])([2H])[2H]. The predicted molar refractivity (Wildman–Crippen MR) is 429 cm³/mol. The first-order valence-corrected chi connectivity index (χ1v) is 33.2. The van der Waals surface area contributed by atoms with Gasteiger partial charge in [0.25, 0.3) is 0 Å². The van der Waals surface area contributed by atoms with E-state index in [0.29, 0.717) is 66.9 Å². The van der Waals surface area contributed by atoms with Gasteiger partial charge in [-0.3, -0.25) is 0 Å². The van der Waals surface area contributed by atoms with E-state index >= 15 is 0 Å². The van der Waals surface area contributed by atoms with Crippen molar-refractivity contribution in [2.45, 2.75) is 130 Å². The molecular formula is C97H106N4+4. The number of benzene rings is 9. The van der Waals surface area contributed by atoms with Crippen LogP contribution in [0.25, 0.3) is 101 Å². The number of aryl methyl sites for hydroxylation is 20. The van der Waals surface area contributed by atoms with E-state index in [-0.39, 0.29) is 66.8 Å². The van der Waals surface area contributed by atoms with Crippen LogP contribution in [0.3, 0.4) is 0 Å². The van der Waals surface area contributed by atoms with Crippen molar-refractivity contribution in [2.24, 2.45) is 28.2 Å². The lowest BCUT2D eigenvalue weighted by molar-refractivity contribution is -0.660. The van der Waals surface area contributed by atoms with Crippen LogP contribution in [0.2, 0.25) is 0 Å². The topological polar surface area (TPSA) is 15.5 Å². The van der Waals surface area contributed by atoms with Crippen molar-refractivity contribution in [3.63, 3.8) is 0 Å². The lowest BCUT2D eigenvalue weighted by Crippen LogP contribution is -2.31. The van der Waals surface area contributed by atoms with E-state index in [9.17, 15) is 0 Å². The lowest BCUT2D eigenvalue weighted by atomic mass is 9.89. The van der Waals surface area contributed by atoms with E-state index in [2.05, 4.69) is 0 Å². The molecular weight excluding hydrogens is 1220 g/mol. The van der Waals surface area contributed by atoms with Gasteiger partial charge in [-0.05, 0) is 285 Å². The Balaban J connectivity index is 0.000000185. The van der Waals surface area contributed by atoms with Crippen LogP contribution in [0.1, 0.15) is 157 Å². The molecule has 0 N–H and O–H groups in total. The van der Waals surface area contributed by atoms with E-state index in [0.717, 1.165) is 61.6 Å². The maximum absolute atomic E-state index is 8.40. The second-order valence-electron chi connectivity index (χ2n) is 26.0. The molecule has 0 radical (unpaired) electrons. The van der Waals surface area contributed by atoms with E-state index in [4.69, 9.17) is 42.5 Å². The fourth-order valence-corrected chi connectivity index (χ4v) is 12.7. The first-order valence-electron chi connectivity index (χ1n) is 48.7. The summed E-state index contributed by atoms with van der Waals surface area (Å²) >= 11 is 0. The second kappa shape index (κ2) is 31.8. The molecule has 101 heavy (non-hydrogen) atoms. The van der Waals surface area contributed by atoms with Gasteiger partial charge in [-0.2, -0.15) is 0 Å². The minimum Gasteiger partial charge on any atom is -0.201 e. The Bertz CT molecular complexity index is 6410. The monoisotopic (exact) mass is 1360 g/mol. The Morgan fingerprint density at radius 1 is 0.257 bits per heavy atom. The summed E-state index contributed by atoms with van der Waals surface area (Å²) in [7, 11) is 7.38. The van der Waals surface area contributed by atoms with Crippen molar-refractivity contribution in [3.05, 3.63) is 332 Å². The van der Waals surface area contributed by atoms with Crippen molar-refractivity contribution >= 4 is 0 Å². The van der Waals surface area contributed by atoms with Gasteiger partial charge >= 0.3 is 0 Å².